The monoisotopic (exact) mass is 583 g/mol. The van der Waals surface area contributed by atoms with Gasteiger partial charge in [0.05, 0.1) is 17.2 Å². The van der Waals surface area contributed by atoms with Gasteiger partial charge in [0.1, 0.15) is 24.2 Å². The van der Waals surface area contributed by atoms with Gasteiger partial charge in [-0.15, -0.1) is 0 Å². The number of sulfonamides is 1. The Bertz CT molecular complexity index is 1400. The third-order valence-corrected chi connectivity index (χ3v) is 8.37. The topological polar surface area (TPSA) is 96.0 Å². The van der Waals surface area contributed by atoms with Crippen molar-refractivity contribution >= 4 is 27.5 Å². The molecule has 0 aliphatic heterocycles. The average molecular weight is 584 g/mol. The van der Waals surface area contributed by atoms with Crippen molar-refractivity contribution in [1.82, 2.24) is 10.2 Å². The van der Waals surface area contributed by atoms with Crippen molar-refractivity contribution in [3.8, 4) is 5.75 Å². The first-order valence-corrected chi connectivity index (χ1v) is 15.1. The molecule has 3 aromatic carbocycles. The number of aryl methyl sites for hydroxylation is 1. The van der Waals surface area contributed by atoms with Gasteiger partial charge in [0, 0.05) is 13.1 Å². The van der Waals surface area contributed by atoms with Gasteiger partial charge >= 0.3 is 0 Å². The SMILES string of the molecule is CCCCNC(=O)[C@H](C)N(Cc1ccc(F)cc1)C(=O)CN(c1ccc(OCC)cc1)S(=O)(=O)c1ccc(C)cc1. The van der Waals surface area contributed by atoms with Crippen molar-refractivity contribution in [3.05, 3.63) is 89.7 Å². The quantitative estimate of drug-likeness (QED) is 0.268. The first-order chi connectivity index (χ1) is 19.6. The van der Waals surface area contributed by atoms with Crippen LogP contribution in [0.25, 0.3) is 0 Å². The Balaban J connectivity index is 2.00. The average Bonchev–Trinajstić information content (AvgIpc) is 2.96. The van der Waals surface area contributed by atoms with Crippen LogP contribution in [0.15, 0.2) is 77.7 Å². The highest BCUT2D eigenvalue weighted by Crippen LogP contribution is 2.27. The molecule has 1 N–H and O–H groups in total. The van der Waals surface area contributed by atoms with Crippen molar-refractivity contribution < 1.29 is 27.1 Å². The molecule has 0 saturated heterocycles. The van der Waals surface area contributed by atoms with Crippen LogP contribution in [0.3, 0.4) is 0 Å². The Morgan fingerprint density at radius 1 is 0.951 bits per heavy atom. The van der Waals surface area contributed by atoms with Crippen molar-refractivity contribution in [1.29, 1.82) is 0 Å². The number of unbranched alkanes of at least 4 members (excludes halogenated alkanes) is 1. The summed E-state index contributed by atoms with van der Waals surface area (Å²) in [5.74, 6) is -0.812. The number of carbonyl (C=O) groups is 2. The number of nitrogens with one attached hydrogen (secondary N) is 1. The van der Waals surface area contributed by atoms with E-state index in [2.05, 4.69) is 5.32 Å². The van der Waals surface area contributed by atoms with E-state index in [0.29, 0.717) is 24.5 Å². The predicted molar refractivity (Wildman–Crippen MR) is 158 cm³/mol. The molecule has 0 bridgehead atoms. The van der Waals surface area contributed by atoms with Gasteiger partial charge in [-0.25, -0.2) is 12.8 Å². The van der Waals surface area contributed by atoms with Crippen LogP contribution in [-0.4, -0.2) is 50.9 Å². The van der Waals surface area contributed by atoms with Crippen LogP contribution in [0, 0.1) is 12.7 Å². The summed E-state index contributed by atoms with van der Waals surface area (Å²) >= 11 is 0. The zero-order chi connectivity index (χ0) is 30.0. The maximum absolute atomic E-state index is 13.9. The number of hydrogen-bond donors (Lipinski definition) is 1. The molecule has 0 aliphatic carbocycles. The van der Waals surface area contributed by atoms with Crippen LogP contribution in [0.4, 0.5) is 10.1 Å². The van der Waals surface area contributed by atoms with Gasteiger partial charge in [-0.3, -0.25) is 13.9 Å². The molecule has 0 fully saturated rings. The highest BCUT2D eigenvalue weighted by atomic mass is 32.2. The van der Waals surface area contributed by atoms with Gasteiger partial charge in [0.15, 0.2) is 0 Å². The summed E-state index contributed by atoms with van der Waals surface area (Å²) < 4.78 is 47.9. The summed E-state index contributed by atoms with van der Waals surface area (Å²) in [5.41, 5.74) is 1.76. The molecule has 0 saturated carbocycles. The summed E-state index contributed by atoms with van der Waals surface area (Å²) in [6.45, 7) is 7.63. The fourth-order valence-corrected chi connectivity index (χ4v) is 5.56. The third-order valence-electron chi connectivity index (χ3n) is 6.59. The number of hydrogen-bond acceptors (Lipinski definition) is 5. The summed E-state index contributed by atoms with van der Waals surface area (Å²) in [6, 6.07) is 17.5. The van der Waals surface area contributed by atoms with E-state index in [1.807, 2.05) is 20.8 Å². The Morgan fingerprint density at radius 3 is 2.17 bits per heavy atom. The van der Waals surface area contributed by atoms with Gasteiger partial charge in [0.25, 0.3) is 10.0 Å². The summed E-state index contributed by atoms with van der Waals surface area (Å²) in [4.78, 5) is 28.3. The van der Waals surface area contributed by atoms with Crippen LogP contribution in [0.5, 0.6) is 5.75 Å². The van der Waals surface area contributed by atoms with Gasteiger partial charge in [-0.05, 0) is 81.3 Å². The fraction of sp³-hybridized carbons (Fsp3) is 0.355. The smallest absolute Gasteiger partial charge is 0.264 e. The van der Waals surface area contributed by atoms with E-state index < -0.39 is 34.3 Å². The largest absolute Gasteiger partial charge is 0.494 e. The molecule has 0 aromatic heterocycles. The highest BCUT2D eigenvalue weighted by molar-refractivity contribution is 7.92. The number of benzene rings is 3. The van der Waals surface area contributed by atoms with Crippen molar-refractivity contribution in [2.24, 2.45) is 0 Å². The van der Waals surface area contributed by atoms with E-state index in [1.165, 1.54) is 41.3 Å². The molecule has 2 amide bonds. The number of ether oxygens (including phenoxy) is 1. The molecule has 0 spiro atoms. The first kappa shape index (κ1) is 31.6. The van der Waals surface area contributed by atoms with E-state index in [4.69, 9.17) is 4.74 Å². The molecule has 0 heterocycles. The minimum atomic E-state index is -4.17. The normalized spacial score (nSPS) is 11.9. The van der Waals surface area contributed by atoms with Gasteiger partial charge < -0.3 is 15.0 Å². The zero-order valence-corrected chi connectivity index (χ0v) is 24.8. The Labute approximate surface area is 242 Å². The predicted octanol–water partition coefficient (Wildman–Crippen LogP) is 5.06. The molecule has 3 aromatic rings. The van der Waals surface area contributed by atoms with Crippen molar-refractivity contribution in [2.45, 2.75) is 58.0 Å². The Kier molecular flexibility index (Phi) is 11.3. The van der Waals surface area contributed by atoms with E-state index in [0.717, 1.165) is 22.7 Å². The summed E-state index contributed by atoms with van der Waals surface area (Å²) in [5, 5.41) is 2.84. The number of nitrogens with zero attached hydrogens (tertiary/aromatic N) is 2. The molecule has 10 heteroatoms. The molecule has 3 rings (SSSR count). The number of rotatable bonds is 14. The van der Waals surface area contributed by atoms with E-state index >= 15 is 0 Å². The third kappa shape index (κ3) is 8.53. The standard InChI is InChI=1S/C31H38FN3O5S/c1-5-7-20-33-31(37)24(4)34(21-25-10-12-26(32)13-11-25)30(36)22-35(27-14-16-28(17-15-27)40-6-2)41(38,39)29-18-8-23(3)9-19-29/h8-19,24H,5-7,20-22H2,1-4H3,(H,33,37)/t24-/m0/s1. The van der Waals surface area contributed by atoms with Gasteiger partial charge in [0.2, 0.25) is 11.8 Å². The first-order valence-electron chi connectivity index (χ1n) is 13.7. The fourth-order valence-electron chi connectivity index (χ4n) is 4.15. The molecule has 220 valence electrons. The minimum absolute atomic E-state index is 0.0107. The molecule has 0 unspecified atom stereocenters. The number of carbonyl (C=O) groups excluding carboxylic acids is 2. The number of amides is 2. The molecule has 0 radical (unpaired) electrons. The lowest BCUT2D eigenvalue weighted by molar-refractivity contribution is -0.139. The van der Waals surface area contributed by atoms with E-state index in [-0.39, 0.29) is 23.0 Å². The van der Waals surface area contributed by atoms with Crippen molar-refractivity contribution in [2.75, 3.05) is 24.0 Å². The second-order valence-corrected chi connectivity index (χ2v) is 11.6. The molecular formula is C31H38FN3O5S. The molecule has 0 aliphatic rings. The van der Waals surface area contributed by atoms with E-state index in [9.17, 15) is 22.4 Å². The highest BCUT2D eigenvalue weighted by Gasteiger charge is 2.32. The second kappa shape index (κ2) is 14.6. The van der Waals surface area contributed by atoms with Crippen LogP contribution in [-0.2, 0) is 26.2 Å². The van der Waals surface area contributed by atoms with E-state index in [1.54, 1.807) is 43.3 Å². The number of halogens is 1. The lowest BCUT2D eigenvalue weighted by Gasteiger charge is -2.32. The molecule has 8 nitrogen and oxygen atoms in total. The summed E-state index contributed by atoms with van der Waals surface area (Å²) in [7, 11) is -4.17. The summed E-state index contributed by atoms with van der Waals surface area (Å²) in [6.07, 6.45) is 1.67. The zero-order valence-electron chi connectivity index (χ0n) is 24.0. The minimum Gasteiger partial charge on any atom is -0.494 e. The Hall–Kier alpha value is -3.92. The molecular weight excluding hydrogens is 545 g/mol. The second-order valence-electron chi connectivity index (χ2n) is 9.72. The van der Waals surface area contributed by atoms with Crippen LogP contribution >= 0.6 is 0 Å². The van der Waals surface area contributed by atoms with Crippen LogP contribution < -0.4 is 14.4 Å². The maximum atomic E-state index is 13.9. The van der Waals surface area contributed by atoms with Gasteiger partial charge in [-0.1, -0.05) is 43.2 Å². The van der Waals surface area contributed by atoms with Crippen LogP contribution in [0.2, 0.25) is 0 Å². The lowest BCUT2D eigenvalue weighted by atomic mass is 10.1. The number of anilines is 1. The van der Waals surface area contributed by atoms with Gasteiger partial charge in [-0.2, -0.15) is 0 Å². The van der Waals surface area contributed by atoms with Crippen LogP contribution in [0.1, 0.15) is 44.7 Å². The molecule has 1 atom stereocenters. The Morgan fingerprint density at radius 2 is 1.59 bits per heavy atom. The molecule has 41 heavy (non-hydrogen) atoms. The lowest BCUT2D eigenvalue weighted by Crippen LogP contribution is -2.51. The maximum Gasteiger partial charge on any atom is 0.264 e. The van der Waals surface area contributed by atoms with Crippen molar-refractivity contribution in [3.63, 3.8) is 0 Å².